The number of alkyl halides is 3. The number of halogens is 3. The molecule has 4 heterocycles. The lowest BCUT2D eigenvalue weighted by Gasteiger charge is -2.39. The number of nitrogens with zero attached hydrogens (tertiary/aromatic N) is 2. The molecule has 0 aliphatic carbocycles. The van der Waals surface area contributed by atoms with Gasteiger partial charge in [0.25, 0.3) is 17.3 Å². The van der Waals surface area contributed by atoms with Gasteiger partial charge >= 0.3 is 6.18 Å². The average Bonchev–Trinajstić information content (AvgIpc) is 3.43. The first-order valence-corrected chi connectivity index (χ1v) is 17.8. The first-order valence-electron chi connectivity index (χ1n) is 16.6. The summed E-state index contributed by atoms with van der Waals surface area (Å²) in [6.45, 7) is 7.20. The van der Waals surface area contributed by atoms with Crippen molar-refractivity contribution in [2.75, 3.05) is 43.9 Å². The van der Waals surface area contributed by atoms with Crippen LogP contribution in [0.3, 0.4) is 0 Å². The molecule has 2 fully saturated rings. The van der Waals surface area contributed by atoms with Crippen LogP contribution in [0.25, 0.3) is 11.1 Å². The number of aryl methyl sites for hydroxylation is 1. The number of amides is 1. The van der Waals surface area contributed by atoms with Crippen molar-refractivity contribution in [2.45, 2.75) is 76.3 Å². The van der Waals surface area contributed by atoms with Crippen molar-refractivity contribution < 1.29 is 27.4 Å². The molecule has 0 spiro atoms. The maximum absolute atomic E-state index is 13.8. The molecule has 3 aromatic rings. The van der Waals surface area contributed by atoms with Crippen LogP contribution in [0.5, 0.6) is 11.5 Å². The van der Waals surface area contributed by atoms with Crippen LogP contribution in [-0.2, 0) is 6.54 Å². The fourth-order valence-corrected chi connectivity index (χ4v) is 7.88. The summed E-state index contributed by atoms with van der Waals surface area (Å²) in [7, 11) is 0. The van der Waals surface area contributed by atoms with Crippen molar-refractivity contribution in [3.8, 4) is 22.6 Å². The molecule has 48 heavy (non-hydrogen) atoms. The Balaban J connectivity index is 1.31. The molecule has 2 saturated heterocycles. The fourth-order valence-electron chi connectivity index (χ4n) is 7.17. The van der Waals surface area contributed by atoms with E-state index < -0.39 is 18.5 Å². The van der Waals surface area contributed by atoms with E-state index in [2.05, 4.69) is 27.3 Å². The number of carbonyl (C=O) groups excluding carboxylic acids is 1. The van der Waals surface area contributed by atoms with Crippen LogP contribution in [0.1, 0.15) is 66.2 Å². The molecule has 3 aliphatic heterocycles. The van der Waals surface area contributed by atoms with E-state index in [0.29, 0.717) is 46.6 Å². The minimum atomic E-state index is -4.25. The Bertz CT molecular complexity index is 1710. The predicted octanol–water partition coefficient (Wildman–Crippen LogP) is 7.06. The van der Waals surface area contributed by atoms with E-state index in [4.69, 9.17) is 9.47 Å². The van der Waals surface area contributed by atoms with E-state index in [1.807, 2.05) is 51.3 Å². The van der Waals surface area contributed by atoms with Gasteiger partial charge in [0.1, 0.15) is 0 Å². The van der Waals surface area contributed by atoms with E-state index in [0.717, 1.165) is 47.8 Å². The molecule has 1 unspecified atom stereocenters. The van der Waals surface area contributed by atoms with Gasteiger partial charge in [-0.15, -0.1) is 11.8 Å². The zero-order chi connectivity index (χ0) is 34.2. The van der Waals surface area contributed by atoms with Crippen LogP contribution in [0.4, 0.5) is 18.9 Å². The molecule has 12 heteroatoms. The number of fused-ring (bicyclic) bond motifs is 1. The molecule has 0 saturated carbocycles. The minimum absolute atomic E-state index is 0.0482. The van der Waals surface area contributed by atoms with Gasteiger partial charge in [0, 0.05) is 71.0 Å². The number of hydrogen-bond acceptors (Lipinski definition) is 7. The highest BCUT2D eigenvalue weighted by molar-refractivity contribution is 7.98. The smallest absolute Gasteiger partial charge is 0.401 e. The molecule has 1 atom stereocenters. The quantitative estimate of drug-likeness (QED) is 0.246. The van der Waals surface area contributed by atoms with Gasteiger partial charge in [-0.2, -0.15) is 13.2 Å². The summed E-state index contributed by atoms with van der Waals surface area (Å²) in [5, 5.41) is 2.95. The third kappa shape index (κ3) is 7.19. The van der Waals surface area contributed by atoms with Crippen molar-refractivity contribution in [1.82, 2.24) is 15.2 Å². The Morgan fingerprint density at radius 2 is 1.69 bits per heavy atom. The molecule has 0 bridgehead atoms. The topological polar surface area (TPSA) is 86.9 Å². The number of ether oxygens (including phenoxy) is 2. The molecule has 258 valence electrons. The second-order valence-electron chi connectivity index (χ2n) is 13.2. The fraction of sp³-hybridized carbons (Fsp3) is 0.500. The zero-order valence-electron chi connectivity index (χ0n) is 27.9. The van der Waals surface area contributed by atoms with Crippen LogP contribution in [0.15, 0.2) is 46.1 Å². The maximum Gasteiger partial charge on any atom is 0.401 e. The van der Waals surface area contributed by atoms with Crippen LogP contribution in [0, 0.1) is 19.8 Å². The number of aromatic amines is 1. The van der Waals surface area contributed by atoms with Gasteiger partial charge in [0.15, 0.2) is 11.5 Å². The number of rotatable bonds is 8. The molecule has 2 N–H and O–H groups in total. The normalized spacial score (nSPS) is 20.3. The number of hydrogen-bond donors (Lipinski definition) is 2. The number of pyridine rings is 1. The van der Waals surface area contributed by atoms with Gasteiger partial charge < -0.3 is 24.7 Å². The Labute approximate surface area is 283 Å². The van der Waals surface area contributed by atoms with Crippen molar-refractivity contribution >= 4 is 23.4 Å². The van der Waals surface area contributed by atoms with E-state index in [1.165, 1.54) is 23.1 Å². The number of aromatic nitrogens is 1. The molecular formula is C36H43F3N4O4S. The number of carbonyl (C=O) groups is 1. The summed E-state index contributed by atoms with van der Waals surface area (Å²) in [6.07, 6.45) is 2.18. The van der Waals surface area contributed by atoms with Gasteiger partial charge in [-0.25, -0.2) is 0 Å². The summed E-state index contributed by atoms with van der Waals surface area (Å²) >= 11 is 1.45. The zero-order valence-corrected chi connectivity index (χ0v) is 28.7. The summed E-state index contributed by atoms with van der Waals surface area (Å²) in [6, 6.07) is 11.9. The third-order valence-corrected chi connectivity index (χ3v) is 10.6. The van der Waals surface area contributed by atoms with E-state index >= 15 is 0 Å². The number of likely N-dealkylation sites (tertiary alicyclic amines) is 1. The third-order valence-electron chi connectivity index (χ3n) is 9.85. The molecule has 2 aromatic carbocycles. The minimum Gasteiger partial charge on any atom is -0.448 e. The van der Waals surface area contributed by atoms with Gasteiger partial charge in [0.05, 0.1) is 6.54 Å². The Morgan fingerprint density at radius 3 is 2.33 bits per heavy atom. The number of benzene rings is 2. The molecule has 3 aliphatic rings. The second kappa shape index (κ2) is 13.7. The number of nitrogens with one attached hydrogen (secondary N) is 2. The van der Waals surface area contributed by atoms with Gasteiger partial charge in [0.2, 0.25) is 0 Å². The highest BCUT2D eigenvalue weighted by atomic mass is 32.2. The highest BCUT2D eigenvalue weighted by Gasteiger charge is 2.48. The Kier molecular flexibility index (Phi) is 9.77. The number of thioether (sulfide) groups is 1. The average molecular weight is 685 g/mol. The lowest BCUT2D eigenvalue weighted by Crippen LogP contribution is -2.49. The van der Waals surface area contributed by atoms with Crippen LogP contribution >= 0.6 is 11.8 Å². The summed E-state index contributed by atoms with van der Waals surface area (Å²) < 4.78 is 52.4. The van der Waals surface area contributed by atoms with E-state index in [-0.39, 0.29) is 37.0 Å². The summed E-state index contributed by atoms with van der Waals surface area (Å²) in [5.74, 6) is -0.646. The maximum atomic E-state index is 13.8. The number of anilines is 1. The van der Waals surface area contributed by atoms with Crippen molar-refractivity contribution in [1.29, 1.82) is 0 Å². The Hall–Kier alpha value is -3.64. The highest BCUT2D eigenvalue weighted by Crippen LogP contribution is 2.52. The van der Waals surface area contributed by atoms with E-state index in [9.17, 15) is 22.8 Å². The molecular weight excluding hydrogens is 641 g/mol. The molecule has 1 aromatic heterocycles. The van der Waals surface area contributed by atoms with E-state index in [1.54, 1.807) is 0 Å². The number of piperidine rings is 2. The Morgan fingerprint density at radius 1 is 1.02 bits per heavy atom. The first-order chi connectivity index (χ1) is 22.8. The summed E-state index contributed by atoms with van der Waals surface area (Å²) in [5.41, 5.74) is 4.67. The van der Waals surface area contributed by atoms with Crippen molar-refractivity contribution in [2.24, 2.45) is 5.92 Å². The van der Waals surface area contributed by atoms with Gasteiger partial charge in [-0.05, 0) is 95.1 Å². The first kappa shape index (κ1) is 34.2. The second-order valence-corrected chi connectivity index (χ2v) is 14.1. The van der Waals surface area contributed by atoms with Crippen LogP contribution in [-0.4, -0.2) is 66.7 Å². The van der Waals surface area contributed by atoms with Crippen LogP contribution in [0.2, 0.25) is 0 Å². The molecule has 8 nitrogen and oxygen atoms in total. The lowest BCUT2D eigenvalue weighted by molar-refractivity contribution is -0.159. The van der Waals surface area contributed by atoms with Gasteiger partial charge in [-0.3, -0.25) is 14.5 Å². The number of H-pyrrole nitrogens is 1. The van der Waals surface area contributed by atoms with Crippen LogP contribution < -0.4 is 25.2 Å². The SMILES string of the molecule is CSc1cc(C)[nH]c(=O)c1CNC(=O)c1cc(-c2ccc(N3CCCCC3)cc2)c2c(c1C)OC(C)(C1CCN(CC(F)(F)F)CC1)O2. The molecule has 6 rings (SSSR count). The summed E-state index contributed by atoms with van der Waals surface area (Å²) in [4.78, 5) is 34.0. The monoisotopic (exact) mass is 684 g/mol. The molecule has 1 amide bonds. The lowest BCUT2D eigenvalue weighted by atomic mass is 9.89. The van der Waals surface area contributed by atoms with Gasteiger partial charge in [-0.1, -0.05) is 12.1 Å². The van der Waals surface area contributed by atoms with Crippen molar-refractivity contribution in [3.63, 3.8) is 0 Å². The largest absolute Gasteiger partial charge is 0.448 e. The standard InChI is InChI=1S/C36H43F3N4O4S/c1-22-18-30(48-4)29(34(45)41-22)20-40-33(44)27-19-28(24-8-10-26(11-9-24)43-14-6-5-7-15-43)32-31(23(27)2)46-35(3,47-32)25-12-16-42(17-13-25)21-36(37,38)39/h8-11,18-19,25H,5-7,12-17,20-21H2,1-4H3,(H,40,44)(H,41,45). The van der Waals surface area contributed by atoms with Crippen molar-refractivity contribution in [3.05, 3.63) is 69.1 Å². The molecule has 0 radical (unpaired) electrons. The predicted molar refractivity (Wildman–Crippen MR) is 182 cm³/mol.